The molecule has 2 atom stereocenters. The van der Waals surface area contributed by atoms with Gasteiger partial charge in [0.15, 0.2) is 0 Å². The SMILES string of the molecule is C[C@H]1Cc2c([nH]c3ccccc23)[C@@]2(CNc3ccccc32)N1. The van der Waals surface area contributed by atoms with Crippen molar-refractivity contribution < 1.29 is 0 Å². The summed E-state index contributed by atoms with van der Waals surface area (Å²) in [5.41, 5.74) is 6.52. The first-order valence-electron chi connectivity index (χ1n) is 7.99. The molecular formula is C19H19N3. The number of anilines is 1. The van der Waals surface area contributed by atoms with E-state index in [1.807, 2.05) is 0 Å². The van der Waals surface area contributed by atoms with E-state index in [0.717, 1.165) is 13.0 Å². The van der Waals surface area contributed by atoms with Gasteiger partial charge in [-0.05, 0) is 31.0 Å². The van der Waals surface area contributed by atoms with Crippen molar-refractivity contribution in [2.75, 3.05) is 11.9 Å². The van der Waals surface area contributed by atoms with E-state index < -0.39 is 0 Å². The van der Waals surface area contributed by atoms with Gasteiger partial charge in [0.2, 0.25) is 0 Å². The second kappa shape index (κ2) is 4.14. The minimum atomic E-state index is -0.136. The Kier molecular flexibility index (Phi) is 2.32. The first kappa shape index (κ1) is 12.3. The number of hydrogen-bond donors (Lipinski definition) is 3. The van der Waals surface area contributed by atoms with E-state index in [-0.39, 0.29) is 5.54 Å². The Bertz CT molecular complexity index is 879. The van der Waals surface area contributed by atoms with Gasteiger partial charge in [0.1, 0.15) is 5.54 Å². The third kappa shape index (κ3) is 1.44. The van der Waals surface area contributed by atoms with E-state index in [4.69, 9.17) is 0 Å². The normalized spacial score (nSPS) is 26.0. The first-order chi connectivity index (χ1) is 10.8. The van der Waals surface area contributed by atoms with Crippen LogP contribution in [0.25, 0.3) is 10.9 Å². The highest BCUT2D eigenvalue weighted by molar-refractivity contribution is 5.86. The number of nitrogens with one attached hydrogen (secondary N) is 3. The Hall–Kier alpha value is -2.26. The summed E-state index contributed by atoms with van der Waals surface area (Å²) in [6, 6.07) is 17.8. The van der Waals surface area contributed by atoms with Crippen LogP contribution in [0.5, 0.6) is 0 Å². The Balaban J connectivity index is 1.84. The highest BCUT2D eigenvalue weighted by Crippen LogP contribution is 2.45. The lowest BCUT2D eigenvalue weighted by atomic mass is 9.80. The molecule has 0 aliphatic carbocycles. The van der Waals surface area contributed by atoms with Crippen LogP contribution in [0.3, 0.4) is 0 Å². The highest BCUT2D eigenvalue weighted by Gasteiger charge is 2.46. The van der Waals surface area contributed by atoms with Crippen LogP contribution < -0.4 is 10.6 Å². The Morgan fingerprint density at radius 2 is 1.86 bits per heavy atom. The summed E-state index contributed by atoms with van der Waals surface area (Å²) < 4.78 is 0. The molecule has 110 valence electrons. The summed E-state index contributed by atoms with van der Waals surface area (Å²) in [6.45, 7) is 3.18. The molecule has 0 saturated carbocycles. The lowest BCUT2D eigenvalue weighted by Gasteiger charge is -2.38. The summed E-state index contributed by atoms with van der Waals surface area (Å²) in [5, 5.41) is 8.83. The number of hydrogen-bond acceptors (Lipinski definition) is 2. The minimum Gasteiger partial charge on any atom is -0.382 e. The molecule has 0 radical (unpaired) electrons. The number of para-hydroxylation sites is 2. The molecule has 3 heterocycles. The van der Waals surface area contributed by atoms with Crippen molar-refractivity contribution in [3.63, 3.8) is 0 Å². The van der Waals surface area contributed by atoms with E-state index in [1.54, 1.807) is 0 Å². The van der Waals surface area contributed by atoms with Gasteiger partial charge in [0, 0.05) is 40.4 Å². The predicted octanol–water partition coefficient (Wildman–Crippen LogP) is 3.37. The average Bonchev–Trinajstić information content (AvgIpc) is 3.08. The molecule has 0 saturated heterocycles. The fourth-order valence-corrected chi connectivity index (χ4v) is 4.31. The van der Waals surface area contributed by atoms with Crippen molar-refractivity contribution in [3.05, 3.63) is 65.4 Å². The molecule has 0 amide bonds. The molecule has 3 aromatic rings. The second-order valence-corrected chi connectivity index (χ2v) is 6.58. The number of rotatable bonds is 0. The van der Waals surface area contributed by atoms with Crippen LogP contribution in [0.4, 0.5) is 5.69 Å². The Labute approximate surface area is 129 Å². The number of benzene rings is 2. The van der Waals surface area contributed by atoms with Crippen LogP contribution >= 0.6 is 0 Å². The average molecular weight is 289 g/mol. The maximum atomic E-state index is 3.87. The molecule has 0 unspecified atom stereocenters. The maximum Gasteiger partial charge on any atom is 0.104 e. The van der Waals surface area contributed by atoms with Gasteiger partial charge in [-0.2, -0.15) is 0 Å². The number of fused-ring (bicyclic) bond motifs is 6. The molecule has 2 aromatic carbocycles. The lowest BCUT2D eigenvalue weighted by molar-refractivity contribution is 0.345. The van der Waals surface area contributed by atoms with Crippen LogP contribution in [0.2, 0.25) is 0 Å². The molecule has 0 fully saturated rings. The summed E-state index contributed by atoms with van der Waals surface area (Å²) in [6.07, 6.45) is 1.07. The molecular weight excluding hydrogens is 270 g/mol. The number of H-pyrrole nitrogens is 1. The molecule has 22 heavy (non-hydrogen) atoms. The van der Waals surface area contributed by atoms with Gasteiger partial charge in [-0.1, -0.05) is 36.4 Å². The number of aromatic amines is 1. The summed E-state index contributed by atoms with van der Waals surface area (Å²) in [7, 11) is 0. The predicted molar refractivity (Wildman–Crippen MR) is 90.3 cm³/mol. The summed E-state index contributed by atoms with van der Waals surface area (Å²) in [5.74, 6) is 0. The maximum absolute atomic E-state index is 3.87. The van der Waals surface area contributed by atoms with Crippen molar-refractivity contribution in [1.29, 1.82) is 0 Å². The molecule has 2 aliphatic heterocycles. The van der Waals surface area contributed by atoms with E-state index in [2.05, 4.69) is 71.1 Å². The third-order valence-electron chi connectivity index (χ3n) is 5.17. The molecule has 3 nitrogen and oxygen atoms in total. The summed E-state index contributed by atoms with van der Waals surface area (Å²) >= 11 is 0. The van der Waals surface area contributed by atoms with Crippen molar-refractivity contribution >= 4 is 16.6 Å². The quantitative estimate of drug-likeness (QED) is 0.594. The second-order valence-electron chi connectivity index (χ2n) is 6.58. The monoisotopic (exact) mass is 289 g/mol. The largest absolute Gasteiger partial charge is 0.382 e. The molecule has 1 spiro atoms. The fourth-order valence-electron chi connectivity index (χ4n) is 4.31. The van der Waals surface area contributed by atoms with Crippen LogP contribution in [0, 0.1) is 0 Å². The van der Waals surface area contributed by atoms with E-state index in [9.17, 15) is 0 Å². The zero-order chi connectivity index (χ0) is 14.7. The molecule has 2 aliphatic rings. The van der Waals surface area contributed by atoms with E-state index in [0.29, 0.717) is 6.04 Å². The molecule has 0 bridgehead atoms. The number of aromatic nitrogens is 1. The Morgan fingerprint density at radius 1 is 1.05 bits per heavy atom. The lowest BCUT2D eigenvalue weighted by Crippen LogP contribution is -2.53. The van der Waals surface area contributed by atoms with Gasteiger partial charge in [0.05, 0.1) is 0 Å². The fraction of sp³-hybridized carbons (Fsp3) is 0.263. The highest BCUT2D eigenvalue weighted by atomic mass is 15.1. The van der Waals surface area contributed by atoms with Crippen molar-refractivity contribution in [2.24, 2.45) is 0 Å². The van der Waals surface area contributed by atoms with Gasteiger partial charge < -0.3 is 10.3 Å². The van der Waals surface area contributed by atoms with Gasteiger partial charge in [-0.3, -0.25) is 5.32 Å². The molecule has 5 rings (SSSR count). The molecule has 3 N–H and O–H groups in total. The zero-order valence-electron chi connectivity index (χ0n) is 12.6. The van der Waals surface area contributed by atoms with Crippen molar-refractivity contribution in [2.45, 2.75) is 24.9 Å². The smallest absolute Gasteiger partial charge is 0.104 e. The molecule has 1 aromatic heterocycles. The topological polar surface area (TPSA) is 39.9 Å². The summed E-state index contributed by atoms with van der Waals surface area (Å²) in [4.78, 5) is 3.71. The third-order valence-corrected chi connectivity index (χ3v) is 5.17. The van der Waals surface area contributed by atoms with Crippen LogP contribution in [0.1, 0.15) is 23.7 Å². The van der Waals surface area contributed by atoms with Crippen molar-refractivity contribution in [1.82, 2.24) is 10.3 Å². The van der Waals surface area contributed by atoms with Crippen LogP contribution in [-0.2, 0) is 12.0 Å². The molecule has 3 heteroatoms. The van der Waals surface area contributed by atoms with Crippen LogP contribution in [-0.4, -0.2) is 17.6 Å². The minimum absolute atomic E-state index is 0.136. The van der Waals surface area contributed by atoms with Gasteiger partial charge in [-0.25, -0.2) is 0 Å². The van der Waals surface area contributed by atoms with Gasteiger partial charge in [0.25, 0.3) is 0 Å². The van der Waals surface area contributed by atoms with E-state index in [1.165, 1.54) is 33.4 Å². The van der Waals surface area contributed by atoms with Crippen LogP contribution in [0.15, 0.2) is 48.5 Å². The zero-order valence-corrected chi connectivity index (χ0v) is 12.6. The van der Waals surface area contributed by atoms with Gasteiger partial charge in [-0.15, -0.1) is 0 Å². The van der Waals surface area contributed by atoms with Gasteiger partial charge >= 0.3 is 0 Å². The standard InChI is InChI=1S/C19H19N3/c1-12-10-14-13-6-2-4-8-16(13)21-18(14)19(22-12)11-20-17-9-5-3-7-15(17)19/h2-9,12,20-22H,10-11H2,1H3/t12-,19-/m0/s1. The van der Waals surface area contributed by atoms with Crippen molar-refractivity contribution in [3.8, 4) is 0 Å². The first-order valence-corrected chi connectivity index (χ1v) is 7.99. The van der Waals surface area contributed by atoms with E-state index >= 15 is 0 Å². The Morgan fingerprint density at radius 3 is 2.82 bits per heavy atom.